The maximum atomic E-state index is 12.7. The third kappa shape index (κ3) is 29.2. The molecule has 0 saturated carbocycles. The summed E-state index contributed by atoms with van der Waals surface area (Å²) >= 11 is 0. The second-order valence-corrected chi connectivity index (χ2v) is 14.0. The Hall–Kier alpha value is -1.28. The molecule has 0 aliphatic rings. The predicted octanol–water partition coefficient (Wildman–Crippen LogP) is 8.01. The standard InChI is InChI=1S/C34H65N2O6P/c1-6-8-10-12-14-16-17-18-19-20-22-24-26-28-34(38)35-32(31-42-43(39,40)41-30-29-36(3,4)5)33(37)27-25-23-21-15-13-11-9-7-2/h10,12,16-17,25,27,32-33,37H,6-9,11,13-15,18-24,26,28-31H2,1-5H3,(H-,35,38,39,40)/p+1/b12-10-,17-16-,27-25+. The van der Waals surface area contributed by atoms with Crippen LogP contribution in [0.4, 0.5) is 0 Å². The van der Waals surface area contributed by atoms with Crippen LogP contribution < -0.4 is 5.32 Å². The van der Waals surface area contributed by atoms with Crippen LogP contribution in [0.2, 0.25) is 0 Å². The molecule has 0 aromatic carbocycles. The molecule has 9 heteroatoms. The van der Waals surface area contributed by atoms with Gasteiger partial charge in [0.15, 0.2) is 0 Å². The number of amides is 1. The fourth-order valence-electron chi connectivity index (χ4n) is 4.31. The molecule has 0 radical (unpaired) electrons. The molecule has 0 aromatic rings. The van der Waals surface area contributed by atoms with Gasteiger partial charge in [-0.15, -0.1) is 0 Å². The minimum atomic E-state index is -4.32. The van der Waals surface area contributed by atoms with Crippen molar-refractivity contribution in [3.8, 4) is 0 Å². The molecule has 0 aliphatic heterocycles. The molecule has 0 heterocycles. The number of hydrogen-bond acceptors (Lipinski definition) is 5. The normalized spacial score (nSPS) is 15.4. The first-order chi connectivity index (χ1) is 20.5. The molecule has 0 saturated heterocycles. The van der Waals surface area contributed by atoms with Crippen molar-refractivity contribution in [2.45, 2.75) is 135 Å². The lowest BCUT2D eigenvalue weighted by atomic mass is 10.1. The molecule has 8 nitrogen and oxygen atoms in total. The lowest BCUT2D eigenvalue weighted by molar-refractivity contribution is -0.870. The molecule has 43 heavy (non-hydrogen) atoms. The van der Waals surface area contributed by atoms with E-state index in [0.717, 1.165) is 70.6 Å². The molecule has 252 valence electrons. The average molecular weight is 630 g/mol. The summed E-state index contributed by atoms with van der Waals surface area (Å²) in [5, 5.41) is 13.6. The van der Waals surface area contributed by atoms with Gasteiger partial charge < -0.3 is 19.8 Å². The molecule has 0 bridgehead atoms. The number of rotatable bonds is 29. The van der Waals surface area contributed by atoms with Crippen molar-refractivity contribution in [3.63, 3.8) is 0 Å². The summed E-state index contributed by atoms with van der Waals surface area (Å²) in [5.41, 5.74) is 0. The number of nitrogens with zero attached hydrogens (tertiary/aromatic N) is 1. The van der Waals surface area contributed by atoms with Crippen LogP contribution >= 0.6 is 7.82 Å². The van der Waals surface area contributed by atoms with Crippen LogP contribution in [0.25, 0.3) is 0 Å². The fourth-order valence-corrected chi connectivity index (χ4v) is 5.05. The van der Waals surface area contributed by atoms with Gasteiger partial charge in [-0.25, -0.2) is 4.57 Å². The van der Waals surface area contributed by atoms with E-state index in [1.807, 2.05) is 27.2 Å². The highest BCUT2D eigenvalue weighted by Crippen LogP contribution is 2.43. The van der Waals surface area contributed by atoms with Crippen LogP contribution in [0.15, 0.2) is 36.5 Å². The zero-order chi connectivity index (χ0) is 32.2. The van der Waals surface area contributed by atoms with Crippen molar-refractivity contribution in [3.05, 3.63) is 36.5 Å². The Morgan fingerprint density at radius 3 is 2.00 bits per heavy atom. The van der Waals surface area contributed by atoms with E-state index in [-0.39, 0.29) is 19.1 Å². The second kappa shape index (κ2) is 27.1. The Morgan fingerprint density at radius 2 is 1.37 bits per heavy atom. The van der Waals surface area contributed by atoms with E-state index < -0.39 is 20.0 Å². The highest BCUT2D eigenvalue weighted by Gasteiger charge is 2.27. The van der Waals surface area contributed by atoms with Gasteiger partial charge in [-0.3, -0.25) is 13.8 Å². The lowest BCUT2D eigenvalue weighted by Crippen LogP contribution is -2.45. The van der Waals surface area contributed by atoms with E-state index in [1.165, 1.54) is 32.1 Å². The van der Waals surface area contributed by atoms with Crippen molar-refractivity contribution in [1.29, 1.82) is 0 Å². The predicted molar refractivity (Wildman–Crippen MR) is 180 cm³/mol. The fraction of sp³-hybridized carbons (Fsp3) is 0.794. The van der Waals surface area contributed by atoms with Crippen LogP contribution in [0.3, 0.4) is 0 Å². The molecule has 3 unspecified atom stereocenters. The molecule has 1 amide bonds. The van der Waals surface area contributed by atoms with Crippen LogP contribution in [-0.4, -0.2) is 73.4 Å². The lowest BCUT2D eigenvalue weighted by Gasteiger charge is -2.25. The van der Waals surface area contributed by atoms with Gasteiger partial charge >= 0.3 is 7.82 Å². The van der Waals surface area contributed by atoms with Gasteiger partial charge in [0.25, 0.3) is 0 Å². The smallest absolute Gasteiger partial charge is 0.387 e. The zero-order valence-electron chi connectivity index (χ0n) is 28.2. The van der Waals surface area contributed by atoms with E-state index in [1.54, 1.807) is 6.08 Å². The largest absolute Gasteiger partial charge is 0.472 e. The number of aliphatic hydroxyl groups excluding tert-OH is 1. The van der Waals surface area contributed by atoms with Gasteiger partial charge in [0.2, 0.25) is 5.91 Å². The summed E-state index contributed by atoms with van der Waals surface area (Å²) < 4.78 is 23.3. The van der Waals surface area contributed by atoms with E-state index >= 15 is 0 Å². The first-order valence-electron chi connectivity index (χ1n) is 16.9. The van der Waals surface area contributed by atoms with Gasteiger partial charge in [0.05, 0.1) is 39.9 Å². The van der Waals surface area contributed by atoms with Crippen molar-refractivity contribution in [2.75, 3.05) is 40.9 Å². The Bertz CT molecular complexity index is 809. The number of carbonyl (C=O) groups is 1. The minimum absolute atomic E-state index is 0.0572. The highest BCUT2D eigenvalue weighted by atomic mass is 31.2. The minimum Gasteiger partial charge on any atom is -0.387 e. The topological polar surface area (TPSA) is 105 Å². The second-order valence-electron chi connectivity index (χ2n) is 12.5. The number of carbonyl (C=O) groups excluding carboxylic acids is 1. The molecule has 0 aromatic heterocycles. The molecule has 3 atom stereocenters. The molecule has 0 spiro atoms. The van der Waals surface area contributed by atoms with Gasteiger partial charge in [-0.2, -0.15) is 0 Å². The summed E-state index contributed by atoms with van der Waals surface area (Å²) in [5.74, 6) is -0.199. The Balaban J connectivity index is 4.60. The van der Waals surface area contributed by atoms with Crippen LogP contribution in [0, 0.1) is 0 Å². The summed E-state index contributed by atoms with van der Waals surface area (Å²) in [6, 6.07) is -0.848. The molecule has 3 N–H and O–H groups in total. The van der Waals surface area contributed by atoms with Crippen molar-refractivity contribution >= 4 is 13.7 Å². The Kier molecular flexibility index (Phi) is 26.3. The zero-order valence-corrected chi connectivity index (χ0v) is 29.1. The number of allylic oxidation sites excluding steroid dienone is 5. The van der Waals surface area contributed by atoms with Gasteiger partial charge in [0, 0.05) is 6.42 Å². The number of phosphoric acid groups is 1. The number of likely N-dealkylation sites (N-methyl/N-ethyl adjacent to an activating group) is 1. The summed E-state index contributed by atoms with van der Waals surface area (Å²) in [7, 11) is 1.55. The van der Waals surface area contributed by atoms with E-state index in [4.69, 9.17) is 9.05 Å². The third-order valence-electron chi connectivity index (χ3n) is 7.09. The van der Waals surface area contributed by atoms with Gasteiger partial charge in [0.1, 0.15) is 13.2 Å². The first-order valence-corrected chi connectivity index (χ1v) is 18.4. The van der Waals surface area contributed by atoms with Crippen LogP contribution in [-0.2, 0) is 18.4 Å². The van der Waals surface area contributed by atoms with Crippen molar-refractivity contribution < 1.29 is 32.9 Å². The van der Waals surface area contributed by atoms with Crippen molar-refractivity contribution in [2.24, 2.45) is 0 Å². The maximum absolute atomic E-state index is 12.7. The highest BCUT2D eigenvalue weighted by molar-refractivity contribution is 7.47. The van der Waals surface area contributed by atoms with Crippen molar-refractivity contribution in [1.82, 2.24) is 5.32 Å². The van der Waals surface area contributed by atoms with Crippen LogP contribution in [0.1, 0.15) is 123 Å². The maximum Gasteiger partial charge on any atom is 0.472 e. The quantitative estimate of drug-likeness (QED) is 0.0335. The number of aliphatic hydroxyl groups is 1. The number of phosphoric ester groups is 1. The molecular weight excluding hydrogens is 563 g/mol. The number of quaternary nitrogens is 1. The summed E-state index contributed by atoms with van der Waals surface area (Å²) in [4.78, 5) is 22.8. The Labute approximate surface area is 264 Å². The monoisotopic (exact) mass is 629 g/mol. The number of unbranched alkanes of at least 4 members (excludes halogenated alkanes) is 12. The number of hydrogen-bond donors (Lipinski definition) is 3. The summed E-state index contributed by atoms with van der Waals surface area (Å²) in [6.45, 7) is 4.65. The van der Waals surface area contributed by atoms with Gasteiger partial charge in [-0.05, 0) is 44.9 Å². The van der Waals surface area contributed by atoms with E-state index in [0.29, 0.717) is 17.4 Å². The molecule has 0 fully saturated rings. The summed E-state index contributed by atoms with van der Waals surface area (Å²) in [6.07, 6.45) is 29.3. The van der Waals surface area contributed by atoms with E-state index in [2.05, 4.69) is 43.5 Å². The third-order valence-corrected chi connectivity index (χ3v) is 8.07. The Morgan fingerprint density at radius 1 is 0.791 bits per heavy atom. The van der Waals surface area contributed by atoms with E-state index in [9.17, 15) is 19.4 Å². The van der Waals surface area contributed by atoms with Gasteiger partial charge in [-0.1, -0.05) is 108 Å². The average Bonchev–Trinajstić information content (AvgIpc) is 2.94. The molecule has 0 aliphatic carbocycles. The first kappa shape index (κ1) is 41.7. The molecular formula is C34H66N2O6P+. The number of nitrogens with one attached hydrogen (secondary N) is 1. The molecule has 0 rings (SSSR count). The SMILES string of the molecule is CCC/C=C\C/C=C\CCCCCCCC(=O)NC(COP(=O)(O)OCC[N+](C)(C)C)C(O)/C=C/CCCCCCCC. The van der Waals surface area contributed by atoms with Crippen LogP contribution in [0.5, 0.6) is 0 Å².